The molecule has 1 saturated carbocycles. The van der Waals surface area contributed by atoms with Crippen LogP contribution in [0.5, 0.6) is 0 Å². The van der Waals surface area contributed by atoms with Crippen molar-refractivity contribution < 1.29 is 9.53 Å². The molecule has 0 aromatic heterocycles. The molecule has 0 spiro atoms. The largest absolute Gasteiger partial charge is 0.368 e. The summed E-state index contributed by atoms with van der Waals surface area (Å²) in [6.45, 7) is 2.21. The van der Waals surface area contributed by atoms with Crippen LogP contribution in [0.2, 0.25) is 0 Å². The van der Waals surface area contributed by atoms with Gasteiger partial charge in [0.2, 0.25) is 5.91 Å². The van der Waals surface area contributed by atoms with Crippen molar-refractivity contribution in [2.24, 2.45) is 0 Å². The van der Waals surface area contributed by atoms with Gasteiger partial charge in [-0.1, -0.05) is 12.8 Å². The van der Waals surface area contributed by atoms with Crippen LogP contribution in [0.4, 0.5) is 0 Å². The van der Waals surface area contributed by atoms with Gasteiger partial charge >= 0.3 is 0 Å². The van der Waals surface area contributed by atoms with Crippen molar-refractivity contribution in [1.29, 1.82) is 0 Å². The Morgan fingerprint density at radius 3 is 2.65 bits per heavy atom. The fourth-order valence-electron chi connectivity index (χ4n) is 2.49. The molecule has 0 radical (unpaired) electrons. The molecular formula is C12H23ClN2O2. The van der Waals surface area contributed by atoms with E-state index in [1.165, 1.54) is 12.8 Å². The summed E-state index contributed by atoms with van der Waals surface area (Å²) in [7, 11) is 0. The van der Waals surface area contributed by atoms with Gasteiger partial charge in [0.05, 0.1) is 6.10 Å². The summed E-state index contributed by atoms with van der Waals surface area (Å²) < 4.78 is 5.57. The van der Waals surface area contributed by atoms with Crippen molar-refractivity contribution in [3.63, 3.8) is 0 Å². The summed E-state index contributed by atoms with van der Waals surface area (Å²) in [5.41, 5.74) is 0. The van der Waals surface area contributed by atoms with E-state index < -0.39 is 0 Å². The average Bonchev–Trinajstić information content (AvgIpc) is 2.81. The van der Waals surface area contributed by atoms with Crippen LogP contribution in [0.3, 0.4) is 0 Å². The van der Waals surface area contributed by atoms with Gasteiger partial charge in [0.1, 0.15) is 6.61 Å². The molecule has 1 saturated heterocycles. The SMILES string of the molecule is Cl.O=C(COC1CCCC1)N[C@H]1CCCNC1. The van der Waals surface area contributed by atoms with Gasteiger partial charge < -0.3 is 15.4 Å². The van der Waals surface area contributed by atoms with Crippen LogP contribution in [0, 0.1) is 0 Å². The summed E-state index contributed by atoms with van der Waals surface area (Å²) in [5.74, 6) is 0.0422. The molecule has 1 aliphatic heterocycles. The van der Waals surface area contributed by atoms with Crippen molar-refractivity contribution in [1.82, 2.24) is 10.6 Å². The van der Waals surface area contributed by atoms with Crippen LogP contribution in [-0.4, -0.2) is 37.7 Å². The van der Waals surface area contributed by atoms with Crippen molar-refractivity contribution in [2.45, 2.75) is 50.7 Å². The summed E-state index contributed by atoms with van der Waals surface area (Å²) in [4.78, 5) is 11.6. The van der Waals surface area contributed by atoms with Gasteiger partial charge in [0.25, 0.3) is 0 Å². The highest BCUT2D eigenvalue weighted by atomic mass is 35.5. The number of nitrogens with one attached hydrogen (secondary N) is 2. The normalized spacial score (nSPS) is 25.3. The summed E-state index contributed by atoms with van der Waals surface area (Å²) in [6, 6.07) is 0.299. The van der Waals surface area contributed by atoms with Gasteiger partial charge in [-0.25, -0.2) is 0 Å². The first-order valence-electron chi connectivity index (χ1n) is 6.46. The van der Waals surface area contributed by atoms with Crippen LogP contribution >= 0.6 is 12.4 Å². The monoisotopic (exact) mass is 262 g/mol. The van der Waals surface area contributed by atoms with E-state index in [0.29, 0.717) is 12.1 Å². The molecule has 2 rings (SSSR count). The Morgan fingerprint density at radius 2 is 2.00 bits per heavy atom. The highest BCUT2D eigenvalue weighted by Gasteiger charge is 2.18. The number of carbonyl (C=O) groups excluding carboxylic acids is 1. The van der Waals surface area contributed by atoms with Gasteiger partial charge in [-0.2, -0.15) is 0 Å². The van der Waals surface area contributed by atoms with E-state index in [1.807, 2.05) is 0 Å². The first-order chi connectivity index (χ1) is 7.84. The fraction of sp³-hybridized carbons (Fsp3) is 0.917. The molecule has 4 nitrogen and oxygen atoms in total. The minimum Gasteiger partial charge on any atom is -0.368 e. The average molecular weight is 263 g/mol. The van der Waals surface area contributed by atoms with Crippen LogP contribution in [0.15, 0.2) is 0 Å². The standard InChI is InChI=1S/C12H22N2O2.ClH/c15-12(9-16-11-5-1-2-6-11)14-10-4-3-7-13-8-10;/h10-11,13H,1-9H2,(H,14,15);1H/t10-;/m0./s1. The molecule has 0 aromatic carbocycles. The van der Waals surface area contributed by atoms with E-state index >= 15 is 0 Å². The molecular weight excluding hydrogens is 240 g/mol. The highest BCUT2D eigenvalue weighted by Crippen LogP contribution is 2.20. The second kappa shape index (κ2) is 7.90. The zero-order valence-corrected chi connectivity index (χ0v) is 11.1. The van der Waals surface area contributed by atoms with Crippen molar-refractivity contribution >= 4 is 18.3 Å². The van der Waals surface area contributed by atoms with E-state index in [4.69, 9.17) is 4.74 Å². The smallest absolute Gasteiger partial charge is 0.246 e. The second-order valence-corrected chi connectivity index (χ2v) is 4.83. The molecule has 2 aliphatic rings. The fourth-order valence-corrected chi connectivity index (χ4v) is 2.49. The molecule has 2 fully saturated rings. The van der Waals surface area contributed by atoms with E-state index in [2.05, 4.69) is 10.6 Å². The Balaban J connectivity index is 0.00000144. The van der Waals surface area contributed by atoms with Gasteiger partial charge in [0.15, 0.2) is 0 Å². The Kier molecular flexibility index (Phi) is 6.85. The third kappa shape index (κ3) is 5.23. The minimum absolute atomic E-state index is 0. The lowest BCUT2D eigenvalue weighted by molar-refractivity contribution is -0.128. The van der Waals surface area contributed by atoms with Gasteiger partial charge in [0, 0.05) is 12.6 Å². The number of ether oxygens (including phenoxy) is 1. The number of rotatable bonds is 4. The molecule has 17 heavy (non-hydrogen) atoms. The maximum atomic E-state index is 11.6. The third-order valence-electron chi connectivity index (χ3n) is 3.41. The molecule has 0 unspecified atom stereocenters. The molecule has 0 bridgehead atoms. The van der Waals surface area contributed by atoms with Crippen LogP contribution < -0.4 is 10.6 Å². The van der Waals surface area contributed by atoms with Gasteiger partial charge in [-0.05, 0) is 32.2 Å². The number of piperidine rings is 1. The lowest BCUT2D eigenvalue weighted by Gasteiger charge is -2.24. The quantitative estimate of drug-likeness (QED) is 0.802. The first-order valence-corrected chi connectivity index (χ1v) is 6.46. The van der Waals surface area contributed by atoms with Gasteiger partial charge in [-0.15, -0.1) is 12.4 Å². The topological polar surface area (TPSA) is 50.4 Å². The molecule has 5 heteroatoms. The Labute approximate surface area is 109 Å². The lowest BCUT2D eigenvalue weighted by Crippen LogP contribution is -2.46. The van der Waals surface area contributed by atoms with Crippen molar-refractivity contribution in [3.05, 3.63) is 0 Å². The maximum Gasteiger partial charge on any atom is 0.246 e. The van der Waals surface area contributed by atoms with Crippen LogP contribution in [-0.2, 0) is 9.53 Å². The maximum absolute atomic E-state index is 11.6. The van der Waals surface area contributed by atoms with Crippen molar-refractivity contribution in [2.75, 3.05) is 19.7 Å². The number of hydrogen-bond donors (Lipinski definition) is 2. The second-order valence-electron chi connectivity index (χ2n) is 4.83. The predicted octanol–water partition coefficient (Wildman–Crippen LogP) is 1.24. The Morgan fingerprint density at radius 1 is 1.24 bits per heavy atom. The molecule has 1 atom stereocenters. The molecule has 2 N–H and O–H groups in total. The number of halogens is 1. The van der Waals surface area contributed by atoms with Gasteiger partial charge in [-0.3, -0.25) is 4.79 Å². The molecule has 1 heterocycles. The highest BCUT2D eigenvalue weighted by molar-refractivity contribution is 5.85. The van der Waals surface area contributed by atoms with E-state index in [-0.39, 0.29) is 24.9 Å². The zero-order valence-electron chi connectivity index (χ0n) is 10.2. The zero-order chi connectivity index (χ0) is 11.2. The van der Waals surface area contributed by atoms with E-state index in [0.717, 1.165) is 38.8 Å². The summed E-state index contributed by atoms with van der Waals surface area (Å²) in [6.07, 6.45) is 7.31. The number of amides is 1. The van der Waals surface area contributed by atoms with E-state index in [9.17, 15) is 4.79 Å². The molecule has 100 valence electrons. The summed E-state index contributed by atoms with van der Waals surface area (Å²) in [5, 5.41) is 6.30. The lowest BCUT2D eigenvalue weighted by atomic mass is 10.1. The number of hydrogen-bond acceptors (Lipinski definition) is 3. The van der Waals surface area contributed by atoms with Crippen LogP contribution in [0.1, 0.15) is 38.5 Å². The van der Waals surface area contributed by atoms with E-state index in [1.54, 1.807) is 0 Å². The molecule has 0 aromatic rings. The summed E-state index contributed by atoms with van der Waals surface area (Å²) >= 11 is 0. The Bertz CT molecular complexity index is 227. The Hall–Kier alpha value is -0.320. The van der Waals surface area contributed by atoms with Crippen LogP contribution in [0.25, 0.3) is 0 Å². The first kappa shape index (κ1) is 14.7. The van der Waals surface area contributed by atoms with Crippen molar-refractivity contribution in [3.8, 4) is 0 Å². The third-order valence-corrected chi connectivity index (χ3v) is 3.41. The molecule has 1 amide bonds. The minimum atomic E-state index is 0. The number of carbonyl (C=O) groups is 1. The molecule has 1 aliphatic carbocycles. The predicted molar refractivity (Wildman–Crippen MR) is 69.5 cm³/mol.